The van der Waals surface area contributed by atoms with Crippen molar-refractivity contribution in [3.63, 3.8) is 0 Å². The van der Waals surface area contributed by atoms with Gasteiger partial charge < -0.3 is 9.88 Å². The van der Waals surface area contributed by atoms with Crippen LogP contribution in [0.15, 0.2) is 0 Å². The number of hydrogen-bond donors (Lipinski definition) is 1. The number of aryl methyl sites for hydroxylation is 1. The summed E-state index contributed by atoms with van der Waals surface area (Å²) in [6, 6.07) is 0. The molecule has 0 fully saturated rings. The second-order valence-electron chi connectivity index (χ2n) is 4.10. The Bertz CT molecular complexity index is 360. The Hall–Kier alpha value is -0.970. The molecule has 0 spiro atoms. The summed E-state index contributed by atoms with van der Waals surface area (Å²) in [5.41, 5.74) is 1.96. The minimum absolute atomic E-state index is 0.211. The molecule has 2 heterocycles. The van der Waals surface area contributed by atoms with E-state index in [1.54, 1.807) is 4.57 Å². The Morgan fingerprint density at radius 1 is 1.50 bits per heavy atom. The predicted molar refractivity (Wildman–Crippen MR) is 57.6 cm³/mol. The van der Waals surface area contributed by atoms with Crippen LogP contribution in [0, 0.1) is 0 Å². The fourth-order valence-electron chi connectivity index (χ4n) is 2.19. The van der Waals surface area contributed by atoms with Gasteiger partial charge in [-0.2, -0.15) is 0 Å². The van der Waals surface area contributed by atoms with Gasteiger partial charge in [-0.3, -0.25) is 0 Å². The molecule has 0 bridgehead atoms. The highest BCUT2D eigenvalue weighted by Gasteiger charge is 2.20. The van der Waals surface area contributed by atoms with Crippen LogP contribution in [0.4, 0.5) is 8.78 Å². The van der Waals surface area contributed by atoms with Crippen LogP contribution in [0.2, 0.25) is 0 Å². The molecule has 1 N–H and O–H groups in total. The third-order valence-corrected chi connectivity index (χ3v) is 2.86. The van der Waals surface area contributed by atoms with Crippen molar-refractivity contribution >= 4 is 0 Å². The lowest BCUT2D eigenvalue weighted by Crippen LogP contribution is -2.25. The molecule has 1 aromatic heterocycles. The molecule has 0 aromatic carbocycles. The highest BCUT2D eigenvalue weighted by molar-refractivity contribution is 5.20. The first-order valence-corrected chi connectivity index (χ1v) is 5.78. The molecule has 2 rings (SSSR count). The quantitative estimate of drug-likeness (QED) is 0.852. The summed E-state index contributed by atoms with van der Waals surface area (Å²) in [5.74, 6) is 0.816. The Kier molecular flexibility index (Phi) is 3.53. The molecule has 16 heavy (non-hydrogen) atoms. The molecule has 3 nitrogen and oxygen atoms in total. The molecule has 1 aliphatic heterocycles. The smallest absolute Gasteiger partial charge is 0.256 e. The maximum absolute atomic E-state index is 12.5. The first-order valence-electron chi connectivity index (χ1n) is 5.78. The molecule has 5 heteroatoms. The van der Waals surface area contributed by atoms with E-state index in [1.807, 2.05) is 6.92 Å². The van der Waals surface area contributed by atoms with Gasteiger partial charge in [0.25, 0.3) is 6.43 Å². The molecule has 1 aliphatic rings. The minimum Gasteiger partial charge on any atom is -0.326 e. The van der Waals surface area contributed by atoms with Crippen LogP contribution in [0.3, 0.4) is 0 Å². The van der Waals surface area contributed by atoms with Gasteiger partial charge in [-0.25, -0.2) is 13.8 Å². The van der Waals surface area contributed by atoms with Crippen LogP contribution in [0.1, 0.15) is 30.6 Å². The summed E-state index contributed by atoms with van der Waals surface area (Å²) < 4.78 is 26.8. The number of rotatable bonds is 4. The van der Waals surface area contributed by atoms with Gasteiger partial charge in [-0.1, -0.05) is 6.92 Å². The highest BCUT2D eigenvalue weighted by atomic mass is 19.3. The van der Waals surface area contributed by atoms with Crippen LogP contribution in [0.5, 0.6) is 0 Å². The van der Waals surface area contributed by atoms with E-state index in [4.69, 9.17) is 0 Å². The first-order chi connectivity index (χ1) is 7.72. The fourth-order valence-corrected chi connectivity index (χ4v) is 2.19. The molecule has 0 saturated carbocycles. The van der Waals surface area contributed by atoms with Crippen molar-refractivity contribution in [3.8, 4) is 0 Å². The number of aromatic nitrogens is 2. The Morgan fingerprint density at radius 2 is 2.31 bits per heavy atom. The minimum atomic E-state index is -2.30. The van der Waals surface area contributed by atoms with Crippen LogP contribution >= 0.6 is 0 Å². The van der Waals surface area contributed by atoms with Crippen molar-refractivity contribution in [2.45, 2.75) is 45.7 Å². The number of halogens is 2. The van der Waals surface area contributed by atoms with Crippen molar-refractivity contribution in [3.05, 3.63) is 17.2 Å². The SMILES string of the molecule is CCCc1nc2c(n1CC(F)F)CCNC2. The first kappa shape index (κ1) is 11.5. The zero-order valence-corrected chi connectivity index (χ0v) is 9.47. The van der Waals surface area contributed by atoms with Gasteiger partial charge in [0.15, 0.2) is 0 Å². The van der Waals surface area contributed by atoms with Gasteiger partial charge >= 0.3 is 0 Å². The Balaban J connectivity index is 2.32. The number of nitrogens with zero attached hydrogens (tertiary/aromatic N) is 2. The zero-order valence-electron chi connectivity index (χ0n) is 9.47. The zero-order chi connectivity index (χ0) is 11.5. The maximum atomic E-state index is 12.5. The summed E-state index contributed by atoms with van der Waals surface area (Å²) in [7, 11) is 0. The van der Waals surface area contributed by atoms with Crippen LogP contribution < -0.4 is 5.32 Å². The number of hydrogen-bond acceptors (Lipinski definition) is 2. The van der Waals surface area contributed by atoms with E-state index in [0.717, 1.165) is 43.0 Å². The van der Waals surface area contributed by atoms with Crippen LogP contribution in [0.25, 0.3) is 0 Å². The van der Waals surface area contributed by atoms with Gasteiger partial charge in [0, 0.05) is 31.6 Å². The molecule has 0 atom stereocenters. The van der Waals surface area contributed by atoms with Crippen LogP contribution in [-0.2, 0) is 25.9 Å². The summed E-state index contributed by atoms with van der Waals surface area (Å²) in [6.07, 6.45) is 0.217. The third-order valence-electron chi connectivity index (χ3n) is 2.86. The van der Waals surface area contributed by atoms with Gasteiger partial charge in [-0.15, -0.1) is 0 Å². The number of imidazole rings is 1. The summed E-state index contributed by atoms with van der Waals surface area (Å²) in [5, 5.41) is 3.21. The van der Waals surface area contributed by atoms with E-state index in [1.165, 1.54) is 0 Å². The van der Waals surface area contributed by atoms with E-state index >= 15 is 0 Å². The molecular formula is C11H17F2N3. The van der Waals surface area contributed by atoms with Crippen LogP contribution in [-0.4, -0.2) is 22.5 Å². The second kappa shape index (κ2) is 4.91. The monoisotopic (exact) mass is 229 g/mol. The van der Waals surface area contributed by atoms with E-state index < -0.39 is 6.43 Å². The van der Waals surface area contributed by atoms with Gasteiger partial charge in [0.2, 0.25) is 0 Å². The second-order valence-corrected chi connectivity index (χ2v) is 4.10. The molecule has 0 unspecified atom stereocenters. The maximum Gasteiger partial charge on any atom is 0.256 e. The van der Waals surface area contributed by atoms with Gasteiger partial charge in [-0.05, 0) is 6.42 Å². The average molecular weight is 229 g/mol. The average Bonchev–Trinajstić information content (AvgIpc) is 2.57. The summed E-state index contributed by atoms with van der Waals surface area (Å²) in [4.78, 5) is 4.46. The lowest BCUT2D eigenvalue weighted by atomic mass is 10.2. The van der Waals surface area contributed by atoms with E-state index in [0.29, 0.717) is 6.54 Å². The molecule has 90 valence electrons. The predicted octanol–water partition coefficient (Wildman–Crippen LogP) is 1.75. The molecular weight excluding hydrogens is 212 g/mol. The van der Waals surface area contributed by atoms with E-state index in [-0.39, 0.29) is 6.54 Å². The highest BCUT2D eigenvalue weighted by Crippen LogP contribution is 2.18. The van der Waals surface area contributed by atoms with Crippen molar-refractivity contribution in [2.24, 2.45) is 0 Å². The normalized spacial score (nSPS) is 15.5. The Labute approximate surface area is 93.9 Å². The topological polar surface area (TPSA) is 29.9 Å². The number of fused-ring (bicyclic) bond motifs is 1. The van der Waals surface area contributed by atoms with Gasteiger partial charge in [0.1, 0.15) is 5.82 Å². The van der Waals surface area contributed by atoms with Crippen molar-refractivity contribution in [1.82, 2.24) is 14.9 Å². The standard InChI is InChI=1S/C11H17F2N3/c1-2-3-11-15-8-6-14-5-4-9(8)16(11)7-10(12)13/h10,14H,2-7H2,1H3. The molecule has 0 amide bonds. The lowest BCUT2D eigenvalue weighted by Gasteiger charge is -2.15. The van der Waals surface area contributed by atoms with Gasteiger partial charge in [0.05, 0.1) is 12.2 Å². The molecule has 0 aliphatic carbocycles. The van der Waals surface area contributed by atoms with E-state index in [2.05, 4.69) is 10.3 Å². The number of alkyl halides is 2. The molecule has 0 saturated heterocycles. The van der Waals surface area contributed by atoms with Crippen molar-refractivity contribution in [1.29, 1.82) is 0 Å². The van der Waals surface area contributed by atoms with Crippen molar-refractivity contribution in [2.75, 3.05) is 6.54 Å². The summed E-state index contributed by atoms with van der Waals surface area (Å²) in [6.45, 7) is 3.39. The number of nitrogens with one attached hydrogen (secondary N) is 1. The fraction of sp³-hybridized carbons (Fsp3) is 0.727. The van der Waals surface area contributed by atoms with Crippen molar-refractivity contribution < 1.29 is 8.78 Å². The largest absolute Gasteiger partial charge is 0.326 e. The summed E-state index contributed by atoms with van der Waals surface area (Å²) >= 11 is 0. The van der Waals surface area contributed by atoms with E-state index in [9.17, 15) is 8.78 Å². The Morgan fingerprint density at radius 3 is 3.00 bits per heavy atom. The molecule has 1 aromatic rings. The lowest BCUT2D eigenvalue weighted by molar-refractivity contribution is 0.124. The third kappa shape index (κ3) is 2.24. The molecule has 0 radical (unpaired) electrons.